The van der Waals surface area contributed by atoms with E-state index >= 15 is 0 Å². The molecule has 0 amide bonds. The lowest BCUT2D eigenvalue weighted by Crippen LogP contribution is -2.59. The van der Waals surface area contributed by atoms with E-state index in [1.807, 2.05) is 63.2 Å². The second kappa shape index (κ2) is 11.3. The number of nitrogens with one attached hydrogen (secondary N) is 1. The van der Waals surface area contributed by atoms with Crippen molar-refractivity contribution in [3.8, 4) is 5.75 Å². The van der Waals surface area contributed by atoms with Gasteiger partial charge in [-0.3, -0.25) is 4.79 Å². The Hall–Kier alpha value is -1.63. The number of aromatic hydroxyl groups is 1. The molecule has 7 heteroatoms. The number of hydrogen-bond acceptors (Lipinski definition) is 4. The number of phenols is 1. The highest BCUT2D eigenvalue weighted by atomic mass is 35.5. The van der Waals surface area contributed by atoms with E-state index in [1.165, 1.54) is 0 Å². The zero-order valence-electron chi connectivity index (χ0n) is 18.6. The van der Waals surface area contributed by atoms with E-state index in [2.05, 4.69) is 5.32 Å². The summed E-state index contributed by atoms with van der Waals surface area (Å²) in [6, 6.07) is 12.9. The monoisotopic (exact) mass is 469 g/mol. The van der Waals surface area contributed by atoms with E-state index in [0.717, 1.165) is 37.3 Å². The maximum Gasteiger partial charge on any atom is 0.193 e. The Labute approximate surface area is 197 Å². The molecule has 1 saturated heterocycles. The molecule has 1 aliphatic heterocycles. The summed E-state index contributed by atoms with van der Waals surface area (Å²) in [6.07, 6.45) is 0. The first-order chi connectivity index (χ1) is 13.8. The maximum absolute atomic E-state index is 13.2. The number of aliphatic hydroxyl groups excluding tert-OH is 1. The van der Waals surface area contributed by atoms with Gasteiger partial charge in [0.05, 0.1) is 19.7 Å². The molecular formula is C24H35Cl2N2O3+. The van der Waals surface area contributed by atoms with Crippen molar-refractivity contribution < 1.29 is 19.5 Å². The first-order valence-electron chi connectivity index (χ1n) is 10.4. The van der Waals surface area contributed by atoms with Crippen LogP contribution in [0.1, 0.15) is 47.8 Å². The highest BCUT2D eigenvalue weighted by molar-refractivity contribution is 6.09. The van der Waals surface area contributed by atoms with Crippen LogP contribution in [0.2, 0.25) is 0 Å². The molecule has 3 N–H and O–H groups in total. The second-order valence-corrected chi connectivity index (χ2v) is 9.12. The molecule has 31 heavy (non-hydrogen) atoms. The van der Waals surface area contributed by atoms with Crippen LogP contribution in [0.5, 0.6) is 5.75 Å². The summed E-state index contributed by atoms with van der Waals surface area (Å²) in [5.41, 5.74) is 2.52. The molecule has 0 unspecified atom stereocenters. The summed E-state index contributed by atoms with van der Waals surface area (Å²) >= 11 is 0. The number of rotatable bonds is 6. The first kappa shape index (κ1) is 27.4. The van der Waals surface area contributed by atoms with Crippen molar-refractivity contribution in [2.24, 2.45) is 0 Å². The molecule has 0 aromatic heterocycles. The van der Waals surface area contributed by atoms with E-state index in [9.17, 15) is 15.0 Å². The van der Waals surface area contributed by atoms with Gasteiger partial charge in [-0.05, 0) is 17.5 Å². The number of benzene rings is 2. The minimum absolute atomic E-state index is 0. The van der Waals surface area contributed by atoms with Crippen LogP contribution in [0.3, 0.4) is 0 Å². The zero-order chi connectivity index (χ0) is 21.1. The number of aliphatic hydroxyl groups is 1. The predicted octanol–water partition coefficient (Wildman–Crippen LogP) is 3.68. The van der Waals surface area contributed by atoms with Gasteiger partial charge in [0.15, 0.2) is 5.78 Å². The summed E-state index contributed by atoms with van der Waals surface area (Å²) < 4.78 is 0.712. The molecular weight excluding hydrogens is 435 g/mol. The summed E-state index contributed by atoms with van der Waals surface area (Å²) in [5.74, 6) is 0.238. The number of quaternary nitrogens is 1. The largest absolute Gasteiger partial charge is 0.507 e. The Morgan fingerprint density at radius 1 is 1.03 bits per heavy atom. The lowest BCUT2D eigenvalue weighted by atomic mass is 9.83. The van der Waals surface area contributed by atoms with Gasteiger partial charge in [0.25, 0.3) is 0 Å². The van der Waals surface area contributed by atoms with Crippen LogP contribution in [0.25, 0.3) is 0 Å². The molecule has 0 bridgehead atoms. The summed E-state index contributed by atoms with van der Waals surface area (Å²) in [7, 11) is 0. The highest BCUT2D eigenvalue weighted by Crippen LogP contribution is 2.36. The molecule has 0 radical (unpaired) electrons. The SMILES string of the molecule is CC(C)(C)c1cc(C(=O)c2ccccc2)cc(C[N+]2(CCO)CCNCC2)c1O.Cl.Cl. The molecule has 0 atom stereocenters. The van der Waals surface area contributed by atoms with E-state index in [1.54, 1.807) is 0 Å². The van der Waals surface area contributed by atoms with E-state index < -0.39 is 0 Å². The number of carbonyl (C=O) groups excluding carboxylic acids is 1. The second-order valence-electron chi connectivity index (χ2n) is 9.12. The topological polar surface area (TPSA) is 69.6 Å². The van der Waals surface area contributed by atoms with Crippen LogP contribution in [0, 0.1) is 0 Å². The Morgan fingerprint density at radius 2 is 1.65 bits per heavy atom. The summed E-state index contributed by atoms with van der Waals surface area (Å²) in [6.45, 7) is 11.0. The normalized spacial score (nSPS) is 15.5. The van der Waals surface area contributed by atoms with Gasteiger partial charge in [0.2, 0.25) is 0 Å². The Kier molecular flexibility index (Phi) is 9.99. The third kappa shape index (κ3) is 6.43. The van der Waals surface area contributed by atoms with Gasteiger partial charge in [-0.25, -0.2) is 0 Å². The van der Waals surface area contributed by atoms with Gasteiger partial charge in [0.1, 0.15) is 18.8 Å². The van der Waals surface area contributed by atoms with Gasteiger partial charge in [-0.2, -0.15) is 0 Å². The lowest BCUT2D eigenvalue weighted by Gasteiger charge is -2.42. The average molecular weight is 470 g/mol. The van der Waals surface area contributed by atoms with E-state index in [4.69, 9.17) is 0 Å². The van der Waals surface area contributed by atoms with Gasteiger partial charge in [-0.15, -0.1) is 24.8 Å². The molecule has 5 nitrogen and oxygen atoms in total. The Bertz CT molecular complexity index is 856. The third-order valence-electron chi connectivity index (χ3n) is 5.90. The number of hydrogen-bond donors (Lipinski definition) is 3. The van der Waals surface area contributed by atoms with Crippen molar-refractivity contribution in [2.45, 2.75) is 32.7 Å². The predicted molar refractivity (Wildman–Crippen MR) is 130 cm³/mol. The fourth-order valence-corrected chi connectivity index (χ4v) is 4.18. The summed E-state index contributed by atoms with van der Waals surface area (Å²) in [5, 5.41) is 24.1. The smallest absolute Gasteiger partial charge is 0.193 e. The van der Waals surface area contributed by atoms with Gasteiger partial charge in [0, 0.05) is 35.3 Å². The van der Waals surface area contributed by atoms with Gasteiger partial charge in [-0.1, -0.05) is 51.1 Å². The molecule has 172 valence electrons. The molecule has 3 rings (SSSR count). The summed E-state index contributed by atoms with van der Waals surface area (Å²) in [4.78, 5) is 13.2. The molecule has 2 aromatic rings. The van der Waals surface area contributed by atoms with Crippen molar-refractivity contribution >= 4 is 30.6 Å². The van der Waals surface area contributed by atoms with Crippen LogP contribution >= 0.6 is 24.8 Å². The Balaban J connectivity index is 0.00000240. The third-order valence-corrected chi connectivity index (χ3v) is 5.90. The van der Waals surface area contributed by atoms with E-state index in [-0.39, 0.29) is 48.4 Å². The van der Waals surface area contributed by atoms with E-state index in [0.29, 0.717) is 28.7 Å². The number of carbonyl (C=O) groups is 1. The Morgan fingerprint density at radius 3 is 2.19 bits per heavy atom. The molecule has 1 heterocycles. The number of nitrogens with zero attached hydrogens (tertiary/aromatic N) is 1. The van der Waals surface area contributed by atoms with Crippen LogP contribution in [-0.4, -0.2) is 59.8 Å². The molecule has 0 saturated carbocycles. The minimum atomic E-state index is -0.295. The molecule has 1 aliphatic rings. The number of halogens is 2. The molecule has 2 aromatic carbocycles. The fraction of sp³-hybridized carbons (Fsp3) is 0.458. The lowest BCUT2D eigenvalue weighted by molar-refractivity contribution is -0.942. The van der Waals surface area contributed by atoms with Crippen LogP contribution < -0.4 is 5.32 Å². The molecule has 0 spiro atoms. The molecule has 1 fully saturated rings. The van der Waals surface area contributed by atoms with Crippen molar-refractivity contribution in [3.05, 3.63) is 64.7 Å². The first-order valence-corrected chi connectivity index (χ1v) is 10.4. The van der Waals surface area contributed by atoms with Crippen molar-refractivity contribution in [1.29, 1.82) is 0 Å². The van der Waals surface area contributed by atoms with Gasteiger partial charge < -0.3 is 20.0 Å². The van der Waals surface area contributed by atoms with Crippen LogP contribution in [-0.2, 0) is 12.0 Å². The fourth-order valence-electron chi connectivity index (χ4n) is 4.18. The number of ketones is 1. The van der Waals surface area contributed by atoms with Crippen LogP contribution in [0.4, 0.5) is 0 Å². The minimum Gasteiger partial charge on any atom is -0.507 e. The number of phenolic OH excluding ortho intramolecular Hbond substituents is 1. The van der Waals surface area contributed by atoms with Crippen molar-refractivity contribution in [1.82, 2.24) is 5.32 Å². The van der Waals surface area contributed by atoms with Crippen LogP contribution in [0.15, 0.2) is 42.5 Å². The zero-order valence-corrected chi connectivity index (χ0v) is 20.2. The number of piperazine rings is 1. The van der Waals surface area contributed by atoms with Crippen molar-refractivity contribution in [3.63, 3.8) is 0 Å². The van der Waals surface area contributed by atoms with Gasteiger partial charge >= 0.3 is 0 Å². The standard InChI is InChI=1S/C24H32N2O3.2ClH/c1-24(2,3)21-16-19(22(28)18-7-5-4-6-8-18)15-20(23(21)29)17-26(13-14-27)11-9-25-10-12-26;;/h4-8,15-16,25,27H,9-14,17H2,1-3H3;2*1H/p+1. The van der Waals surface area contributed by atoms with Crippen molar-refractivity contribution in [2.75, 3.05) is 39.3 Å². The molecule has 0 aliphatic carbocycles. The highest BCUT2D eigenvalue weighted by Gasteiger charge is 2.32. The average Bonchev–Trinajstić information content (AvgIpc) is 2.69. The quantitative estimate of drug-likeness (QED) is 0.445. The maximum atomic E-state index is 13.2.